The highest BCUT2D eigenvalue weighted by Gasteiger charge is 2.46. The summed E-state index contributed by atoms with van der Waals surface area (Å²) in [5, 5.41) is 4.15. The number of aryl methyl sites for hydroxylation is 1. The summed E-state index contributed by atoms with van der Waals surface area (Å²) in [5.41, 5.74) is 5.55. The number of likely N-dealkylation sites (tertiary alicyclic amines) is 1. The first-order chi connectivity index (χ1) is 14.4. The van der Waals surface area contributed by atoms with Gasteiger partial charge in [-0.25, -0.2) is 10.2 Å². The third-order valence-corrected chi connectivity index (χ3v) is 6.05. The molecule has 1 saturated heterocycles. The van der Waals surface area contributed by atoms with Crippen molar-refractivity contribution in [3.63, 3.8) is 0 Å². The third kappa shape index (κ3) is 3.64. The lowest BCUT2D eigenvalue weighted by atomic mass is 9.72. The fraction of sp³-hybridized carbons (Fsp3) is 0.522. The Kier molecular flexibility index (Phi) is 4.79. The average Bonchev–Trinajstić information content (AvgIpc) is 2.65. The minimum atomic E-state index is -0.522. The van der Waals surface area contributed by atoms with Gasteiger partial charge < -0.3 is 19.3 Å². The molecule has 0 saturated carbocycles. The van der Waals surface area contributed by atoms with Crippen molar-refractivity contribution in [1.29, 1.82) is 0 Å². The number of carbonyl (C=O) groups is 2. The van der Waals surface area contributed by atoms with Gasteiger partial charge in [0.25, 0.3) is 5.91 Å². The van der Waals surface area contributed by atoms with Crippen LogP contribution in [0.15, 0.2) is 23.8 Å². The van der Waals surface area contributed by atoms with E-state index < -0.39 is 5.60 Å². The van der Waals surface area contributed by atoms with Crippen LogP contribution in [-0.2, 0) is 9.53 Å². The highest BCUT2D eigenvalue weighted by molar-refractivity contribution is 6.09. The number of rotatable bonds is 2. The topological polar surface area (TPSA) is 83.5 Å². The van der Waals surface area contributed by atoms with Crippen LogP contribution in [0.1, 0.15) is 45.7 Å². The zero-order chi connectivity index (χ0) is 22.7. The summed E-state index contributed by atoms with van der Waals surface area (Å²) in [4.78, 5) is 28.2. The molecule has 0 spiro atoms. The molecule has 0 bridgehead atoms. The van der Waals surface area contributed by atoms with E-state index >= 15 is 0 Å². The molecular weight excluding hydrogens is 396 g/mol. The van der Waals surface area contributed by atoms with Crippen molar-refractivity contribution in [1.82, 2.24) is 10.3 Å². The molecule has 2 amide bonds. The van der Waals surface area contributed by atoms with Crippen LogP contribution in [0.4, 0.5) is 10.5 Å². The Morgan fingerprint density at radius 2 is 2.03 bits per heavy atom. The van der Waals surface area contributed by atoms with E-state index in [0.717, 1.165) is 28.1 Å². The quantitative estimate of drug-likeness (QED) is 0.785. The molecule has 1 N–H and O–H groups in total. The summed E-state index contributed by atoms with van der Waals surface area (Å²) in [6.07, 6.45) is -0.303. The molecule has 0 aliphatic carbocycles. The molecule has 166 valence electrons. The molecule has 8 heteroatoms. The molecule has 1 fully saturated rings. The van der Waals surface area contributed by atoms with E-state index in [0.29, 0.717) is 25.5 Å². The van der Waals surface area contributed by atoms with E-state index in [1.54, 1.807) is 4.90 Å². The monoisotopic (exact) mass is 426 g/mol. The summed E-state index contributed by atoms with van der Waals surface area (Å²) >= 11 is 0. The molecule has 3 aliphatic rings. The summed E-state index contributed by atoms with van der Waals surface area (Å²) in [7, 11) is 0. The highest BCUT2D eigenvalue weighted by atomic mass is 16.6. The lowest BCUT2D eigenvalue weighted by Gasteiger charge is -2.49. The molecule has 0 unspecified atom stereocenters. The van der Waals surface area contributed by atoms with Gasteiger partial charge >= 0.3 is 6.09 Å². The number of nitrogens with zero attached hydrogens (tertiary/aromatic N) is 3. The second kappa shape index (κ2) is 7.00. The zero-order valence-corrected chi connectivity index (χ0v) is 19.0. The predicted molar refractivity (Wildman–Crippen MR) is 119 cm³/mol. The molecular formula is C23H30N4O4. The Morgan fingerprint density at radius 1 is 1.35 bits per heavy atom. The molecule has 4 rings (SSSR count). The van der Waals surface area contributed by atoms with Crippen LogP contribution in [0.3, 0.4) is 0 Å². The van der Waals surface area contributed by atoms with Crippen molar-refractivity contribution in [2.24, 2.45) is 10.5 Å². The first-order valence-corrected chi connectivity index (χ1v) is 10.5. The van der Waals surface area contributed by atoms with Crippen LogP contribution in [-0.4, -0.2) is 54.1 Å². The van der Waals surface area contributed by atoms with Crippen molar-refractivity contribution in [2.75, 3.05) is 24.6 Å². The number of benzene rings is 1. The third-order valence-electron chi connectivity index (χ3n) is 6.05. The van der Waals surface area contributed by atoms with Gasteiger partial charge in [0.1, 0.15) is 24.0 Å². The number of fused-ring (bicyclic) bond motifs is 3. The van der Waals surface area contributed by atoms with Crippen LogP contribution in [0.2, 0.25) is 0 Å². The van der Waals surface area contributed by atoms with Gasteiger partial charge in [0.15, 0.2) is 5.84 Å². The Bertz CT molecular complexity index is 1000. The lowest BCUT2D eigenvalue weighted by molar-refractivity contribution is -0.122. The zero-order valence-electron chi connectivity index (χ0n) is 19.0. The number of anilines is 1. The molecule has 0 aromatic heterocycles. The minimum Gasteiger partial charge on any atom is -0.483 e. The summed E-state index contributed by atoms with van der Waals surface area (Å²) in [5.74, 6) is 1.24. The van der Waals surface area contributed by atoms with E-state index in [-0.39, 0.29) is 23.5 Å². The van der Waals surface area contributed by atoms with Crippen LogP contribution in [0.25, 0.3) is 5.57 Å². The van der Waals surface area contributed by atoms with E-state index in [2.05, 4.69) is 24.0 Å². The van der Waals surface area contributed by atoms with Gasteiger partial charge in [-0.3, -0.25) is 4.79 Å². The number of hydrazone groups is 1. The normalized spacial score (nSPS) is 21.7. The Labute approximate surface area is 182 Å². The summed E-state index contributed by atoms with van der Waals surface area (Å²) in [6.45, 7) is 17.3. The molecule has 1 aromatic rings. The number of carbonyl (C=O) groups excluding carboxylic acids is 2. The SMILES string of the molecule is C=C(c1cc2c(cc1C)OCC1=NNC(=O)[C@@H](C)N12)C1(C)CN(C(=O)OC(C)(C)C)C1. The van der Waals surface area contributed by atoms with Gasteiger partial charge in [-0.05, 0) is 63.5 Å². The Balaban J connectivity index is 1.59. The van der Waals surface area contributed by atoms with Crippen LogP contribution >= 0.6 is 0 Å². The second-order valence-corrected chi connectivity index (χ2v) is 9.85. The Morgan fingerprint density at radius 3 is 2.68 bits per heavy atom. The minimum absolute atomic E-state index is 0.156. The van der Waals surface area contributed by atoms with Crippen LogP contribution < -0.4 is 15.1 Å². The standard InChI is InChI=1S/C23H30N4O4/c1-13-8-18-17(27-15(3)20(28)25-24-19(27)10-30-18)9-16(13)14(2)23(7)11-26(12-23)21(29)31-22(4,5)6/h8-9,15H,2,10-12H2,1,3-7H3,(H,25,28)/t15-/m1/s1. The molecule has 31 heavy (non-hydrogen) atoms. The summed E-state index contributed by atoms with van der Waals surface area (Å²) < 4.78 is 11.4. The fourth-order valence-electron chi connectivity index (χ4n) is 4.27. The van der Waals surface area contributed by atoms with Crippen LogP contribution in [0.5, 0.6) is 5.75 Å². The van der Waals surface area contributed by atoms with Gasteiger partial charge in [0.2, 0.25) is 0 Å². The van der Waals surface area contributed by atoms with E-state index in [4.69, 9.17) is 9.47 Å². The number of hydrogen-bond donors (Lipinski definition) is 1. The molecule has 8 nitrogen and oxygen atoms in total. The smallest absolute Gasteiger partial charge is 0.410 e. The maximum absolute atomic E-state index is 12.4. The number of ether oxygens (including phenoxy) is 2. The van der Waals surface area contributed by atoms with Crippen molar-refractivity contribution in [3.05, 3.63) is 29.8 Å². The van der Waals surface area contributed by atoms with Crippen molar-refractivity contribution < 1.29 is 19.1 Å². The lowest BCUT2D eigenvalue weighted by Crippen LogP contribution is -2.58. The molecule has 1 atom stereocenters. The summed E-state index contributed by atoms with van der Waals surface area (Å²) in [6, 6.07) is 3.62. The van der Waals surface area contributed by atoms with E-state index in [1.165, 1.54) is 0 Å². The van der Waals surface area contributed by atoms with Crippen molar-refractivity contribution in [2.45, 2.75) is 53.2 Å². The van der Waals surface area contributed by atoms with Crippen molar-refractivity contribution >= 4 is 29.1 Å². The van der Waals surface area contributed by atoms with Gasteiger partial charge in [0.05, 0.1) is 5.69 Å². The number of amides is 2. The van der Waals surface area contributed by atoms with Gasteiger partial charge in [-0.2, -0.15) is 5.10 Å². The predicted octanol–water partition coefficient (Wildman–Crippen LogP) is 3.30. The largest absolute Gasteiger partial charge is 0.483 e. The number of amidine groups is 1. The average molecular weight is 427 g/mol. The molecule has 3 heterocycles. The fourth-order valence-corrected chi connectivity index (χ4v) is 4.27. The first kappa shape index (κ1) is 21.2. The highest BCUT2D eigenvalue weighted by Crippen LogP contribution is 2.46. The molecule has 3 aliphatic heterocycles. The van der Waals surface area contributed by atoms with Crippen molar-refractivity contribution in [3.8, 4) is 5.75 Å². The number of nitrogens with one attached hydrogen (secondary N) is 1. The van der Waals surface area contributed by atoms with Gasteiger partial charge in [-0.1, -0.05) is 13.5 Å². The van der Waals surface area contributed by atoms with Gasteiger partial charge in [-0.15, -0.1) is 0 Å². The maximum Gasteiger partial charge on any atom is 0.410 e. The van der Waals surface area contributed by atoms with E-state index in [1.807, 2.05) is 51.7 Å². The Hall–Kier alpha value is -3.03. The maximum atomic E-state index is 12.4. The molecule has 1 aromatic carbocycles. The molecule has 0 radical (unpaired) electrons. The van der Waals surface area contributed by atoms with Crippen LogP contribution in [0, 0.1) is 12.3 Å². The first-order valence-electron chi connectivity index (χ1n) is 10.5. The van der Waals surface area contributed by atoms with E-state index in [9.17, 15) is 9.59 Å². The number of hydrogen-bond acceptors (Lipinski definition) is 6. The second-order valence-electron chi connectivity index (χ2n) is 9.85. The van der Waals surface area contributed by atoms with Gasteiger partial charge in [0, 0.05) is 18.5 Å².